The largest absolute Gasteiger partial charge is 0.394 e. The minimum absolute atomic E-state index is 0.0245. The summed E-state index contributed by atoms with van der Waals surface area (Å²) in [5.41, 5.74) is -0.892. The van der Waals surface area contributed by atoms with Crippen LogP contribution in [0.25, 0.3) is 0 Å². The van der Waals surface area contributed by atoms with Gasteiger partial charge >= 0.3 is 0 Å². The third-order valence-electron chi connectivity index (χ3n) is 4.14. The first-order valence-electron chi connectivity index (χ1n) is 7.23. The Morgan fingerprint density at radius 1 is 1.40 bits per heavy atom. The number of ether oxygens (including phenoxy) is 2. The molecule has 1 N–H and O–H groups in total. The van der Waals surface area contributed by atoms with Crippen LogP contribution in [0.1, 0.15) is 25.7 Å². The van der Waals surface area contributed by atoms with Crippen LogP contribution in [0.15, 0.2) is 0 Å². The Kier molecular flexibility index (Phi) is 5.35. The highest BCUT2D eigenvalue weighted by molar-refractivity contribution is 5.85. The van der Waals surface area contributed by atoms with E-state index in [1.54, 1.807) is 4.90 Å². The van der Waals surface area contributed by atoms with Gasteiger partial charge in [-0.05, 0) is 25.7 Å². The number of nitriles is 1. The third-order valence-corrected chi connectivity index (χ3v) is 4.14. The van der Waals surface area contributed by atoms with Crippen molar-refractivity contribution in [3.05, 3.63) is 0 Å². The van der Waals surface area contributed by atoms with Crippen LogP contribution in [0.5, 0.6) is 0 Å². The summed E-state index contributed by atoms with van der Waals surface area (Å²) < 4.78 is 10.7. The first-order valence-corrected chi connectivity index (χ1v) is 7.23. The second kappa shape index (κ2) is 7.02. The van der Waals surface area contributed by atoms with Crippen LogP contribution in [0.4, 0.5) is 0 Å². The summed E-state index contributed by atoms with van der Waals surface area (Å²) in [5, 5.41) is 18.1. The maximum atomic E-state index is 12.6. The van der Waals surface area contributed by atoms with Crippen molar-refractivity contribution in [2.24, 2.45) is 5.41 Å². The summed E-state index contributed by atoms with van der Waals surface area (Å²) in [5.74, 6) is -0.0519. The van der Waals surface area contributed by atoms with Gasteiger partial charge in [0.05, 0.1) is 25.4 Å². The summed E-state index contributed by atoms with van der Waals surface area (Å²) in [4.78, 5) is 14.4. The predicted molar refractivity (Wildman–Crippen MR) is 70.7 cm³/mol. The van der Waals surface area contributed by atoms with E-state index in [9.17, 15) is 10.1 Å². The van der Waals surface area contributed by atoms with Gasteiger partial charge in [0.25, 0.3) is 0 Å². The second-order valence-corrected chi connectivity index (χ2v) is 5.39. The Morgan fingerprint density at radius 3 is 2.60 bits per heavy atom. The summed E-state index contributed by atoms with van der Waals surface area (Å²) in [6, 6.07) is 2.22. The second-order valence-electron chi connectivity index (χ2n) is 5.39. The van der Waals surface area contributed by atoms with E-state index in [1.807, 2.05) is 0 Å². The van der Waals surface area contributed by atoms with E-state index in [1.165, 1.54) is 0 Å². The van der Waals surface area contributed by atoms with Gasteiger partial charge in [0, 0.05) is 26.3 Å². The molecule has 0 saturated carbocycles. The molecule has 0 aliphatic carbocycles. The fourth-order valence-corrected chi connectivity index (χ4v) is 2.84. The number of amides is 1. The first-order chi connectivity index (χ1) is 9.72. The molecule has 0 spiro atoms. The number of piperidine rings is 1. The molecule has 2 aliphatic heterocycles. The van der Waals surface area contributed by atoms with Crippen LogP contribution >= 0.6 is 0 Å². The van der Waals surface area contributed by atoms with Crippen molar-refractivity contribution >= 4 is 5.91 Å². The minimum Gasteiger partial charge on any atom is -0.394 e. The van der Waals surface area contributed by atoms with Crippen LogP contribution < -0.4 is 0 Å². The molecule has 2 rings (SSSR count). The molecule has 0 aromatic rings. The summed E-state index contributed by atoms with van der Waals surface area (Å²) in [7, 11) is 0. The highest BCUT2D eigenvalue weighted by Gasteiger charge is 2.43. The number of carbonyl (C=O) groups excluding carboxylic acids is 1. The normalized spacial score (nSPS) is 23.3. The molecule has 0 radical (unpaired) electrons. The van der Waals surface area contributed by atoms with E-state index in [2.05, 4.69) is 6.07 Å². The maximum absolute atomic E-state index is 12.6. The highest BCUT2D eigenvalue weighted by Crippen LogP contribution is 2.33. The fraction of sp³-hybridized carbons (Fsp3) is 0.857. The van der Waals surface area contributed by atoms with E-state index >= 15 is 0 Å². The van der Waals surface area contributed by atoms with Gasteiger partial charge in [-0.25, -0.2) is 0 Å². The van der Waals surface area contributed by atoms with Crippen molar-refractivity contribution in [3.63, 3.8) is 0 Å². The fourth-order valence-electron chi connectivity index (χ4n) is 2.84. The standard InChI is InChI=1S/C14H22N2O4/c15-11-14(3-8-19-9-4-14)13(18)16-5-1-12(2-6-16)20-10-7-17/h12,17H,1-10H2. The summed E-state index contributed by atoms with van der Waals surface area (Å²) in [6.45, 7) is 2.58. The monoisotopic (exact) mass is 282 g/mol. The van der Waals surface area contributed by atoms with Gasteiger partial charge in [0.15, 0.2) is 0 Å². The molecule has 0 bridgehead atoms. The molecule has 0 atom stereocenters. The molecule has 20 heavy (non-hydrogen) atoms. The van der Waals surface area contributed by atoms with Gasteiger partial charge in [0.2, 0.25) is 5.91 Å². The van der Waals surface area contributed by atoms with Gasteiger partial charge in [-0.2, -0.15) is 5.26 Å². The Labute approximate surface area is 119 Å². The van der Waals surface area contributed by atoms with Crippen LogP contribution in [-0.2, 0) is 14.3 Å². The number of hydrogen-bond donors (Lipinski definition) is 1. The van der Waals surface area contributed by atoms with Gasteiger partial charge in [0.1, 0.15) is 5.41 Å². The molecule has 0 aromatic carbocycles. The van der Waals surface area contributed by atoms with Crippen LogP contribution in [0.2, 0.25) is 0 Å². The quantitative estimate of drug-likeness (QED) is 0.802. The zero-order valence-electron chi connectivity index (χ0n) is 11.7. The smallest absolute Gasteiger partial charge is 0.243 e. The lowest BCUT2D eigenvalue weighted by Crippen LogP contribution is -2.49. The number of aliphatic hydroxyl groups is 1. The molecule has 112 valence electrons. The molecule has 2 aliphatic rings. The SMILES string of the molecule is N#CC1(C(=O)N2CCC(OCCO)CC2)CCOCC1. The van der Waals surface area contributed by atoms with Crippen molar-refractivity contribution in [2.75, 3.05) is 39.5 Å². The molecule has 0 aromatic heterocycles. The number of aliphatic hydroxyl groups excluding tert-OH is 1. The van der Waals surface area contributed by atoms with E-state index in [-0.39, 0.29) is 18.6 Å². The molecule has 2 heterocycles. The molecular weight excluding hydrogens is 260 g/mol. The van der Waals surface area contributed by atoms with Crippen molar-refractivity contribution in [2.45, 2.75) is 31.8 Å². The third kappa shape index (κ3) is 3.29. The zero-order valence-corrected chi connectivity index (χ0v) is 11.7. The molecule has 6 nitrogen and oxygen atoms in total. The van der Waals surface area contributed by atoms with Crippen LogP contribution in [0.3, 0.4) is 0 Å². The topological polar surface area (TPSA) is 82.8 Å². The van der Waals surface area contributed by atoms with Gasteiger partial charge < -0.3 is 19.5 Å². The van der Waals surface area contributed by atoms with Crippen molar-refractivity contribution in [3.8, 4) is 6.07 Å². The highest BCUT2D eigenvalue weighted by atomic mass is 16.5. The Morgan fingerprint density at radius 2 is 2.05 bits per heavy atom. The van der Waals surface area contributed by atoms with Crippen molar-refractivity contribution in [1.29, 1.82) is 5.26 Å². The number of likely N-dealkylation sites (tertiary alicyclic amines) is 1. The minimum atomic E-state index is -0.892. The molecule has 2 saturated heterocycles. The molecule has 6 heteroatoms. The zero-order chi connectivity index (χ0) is 14.4. The number of carbonyl (C=O) groups is 1. The lowest BCUT2D eigenvalue weighted by Gasteiger charge is -2.38. The van der Waals surface area contributed by atoms with E-state index in [4.69, 9.17) is 14.6 Å². The molecule has 2 fully saturated rings. The average molecular weight is 282 g/mol. The van der Waals surface area contributed by atoms with Gasteiger partial charge in [-0.1, -0.05) is 0 Å². The van der Waals surface area contributed by atoms with Crippen LogP contribution in [-0.4, -0.2) is 61.5 Å². The average Bonchev–Trinajstić information content (AvgIpc) is 2.53. The lowest BCUT2D eigenvalue weighted by atomic mass is 9.80. The van der Waals surface area contributed by atoms with Gasteiger partial charge in [-0.15, -0.1) is 0 Å². The molecule has 1 amide bonds. The predicted octanol–water partition coefficient (Wildman–Crippen LogP) is 0.307. The number of hydrogen-bond acceptors (Lipinski definition) is 5. The van der Waals surface area contributed by atoms with Gasteiger partial charge in [-0.3, -0.25) is 4.79 Å². The first kappa shape index (κ1) is 15.2. The van der Waals surface area contributed by atoms with Crippen molar-refractivity contribution in [1.82, 2.24) is 4.90 Å². The van der Waals surface area contributed by atoms with Crippen LogP contribution in [0, 0.1) is 16.7 Å². The van der Waals surface area contributed by atoms with E-state index in [0.717, 1.165) is 12.8 Å². The Balaban J connectivity index is 1.89. The maximum Gasteiger partial charge on any atom is 0.243 e. The Bertz CT molecular complexity index is 366. The summed E-state index contributed by atoms with van der Waals surface area (Å²) >= 11 is 0. The summed E-state index contributed by atoms with van der Waals surface area (Å²) in [6.07, 6.45) is 2.62. The molecular formula is C14H22N2O4. The lowest BCUT2D eigenvalue weighted by molar-refractivity contribution is -0.146. The Hall–Kier alpha value is -1.16. The van der Waals surface area contributed by atoms with E-state index in [0.29, 0.717) is 45.8 Å². The van der Waals surface area contributed by atoms with Crippen molar-refractivity contribution < 1.29 is 19.4 Å². The number of nitrogens with zero attached hydrogens (tertiary/aromatic N) is 2. The van der Waals surface area contributed by atoms with E-state index < -0.39 is 5.41 Å². The number of rotatable bonds is 4. The molecule has 0 unspecified atom stereocenters.